The van der Waals surface area contributed by atoms with Crippen LogP contribution in [0.2, 0.25) is 0 Å². The molecule has 3 N–H and O–H groups in total. The maximum atomic E-state index is 12.2. The van der Waals surface area contributed by atoms with Gasteiger partial charge in [0.25, 0.3) is 5.91 Å². The second-order valence-corrected chi connectivity index (χ2v) is 8.96. The van der Waals surface area contributed by atoms with Gasteiger partial charge in [-0.1, -0.05) is 35.6 Å². The molecular formula is C21H21N5O2S2. The summed E-state index contributed by atoms with van der Waals surface area (Å²) < 4.78 is 2.20. The number of thiazole rings is 2. The van der Waals surface area contributed by atoms with Crippen molar-refractivity contribution < 1.29 is 9.59 Å². The van der Waals surface area contributed by atoms with E-state index in [9.17, 15) is 9.59 Å². The Bertz CT molecular complexity index is 1120. The lowest BCUT2D eigenvalue weighted by molar-refractivity contribution is -0.129. The normalized spacial score (nSPS) is 12.0. The van der Waals surface area contributed by atoms with E-state index in [4.69, 9.17) is 0 Å². The second kappa shape index (κ2) is 9.19. The third-order valence-corrected chi connectivity index (χ3v) is 6.55. The predicted molar refractivity (Wildman–Crippen MR) is 122 cm³/mol. The van der Waals surface area contributed by atoms with Crippen LogP contribution in [-0.2, 0) is 16.0 Å². The molecular weight excluding hydrogens is 418 g/mol. The Labute approximate surface area is 181 Å². The zero-order valence-electron chi connectivity index (χ0n) is 16.3. The highest BCUT2D eigenvalue weighted by Gasteiger charge is 2.15. The van der Waals surface area contributed by atoms with Gasteiger partial charge in [0.2, 0.25) is 5.91 Å². The van der Waals surface area contributed by atoms with Gasteiger partial charge in [0.1, 0.15) is 6.04 Å². The molecule has 0 fully saturated rings. The summed E-state index contributed by atoms with van der Waals surface area (Å²) >= 11 is 3.13. The molecule has 9 heteroatoms. The molecule has 2 aromatic heterocycles. The lowest BCUT2D eigenvalue weighted by Gasteiger charge is -2.13. The number of aromatic nitrogens is 2. The van der Waals surface area contributed by atoms with Gasteiger partial charge in [0, 0.05) is 6.42 Å². The van der Waals surface area contributed by atoms with Crippen molar-refractivity contribution in [2.24, 2.45) is 0 Å². The average molecular weight is 440 g/mol. The highest BCUT2D eigenvalue weighted by molar-refractivity contribution is 7.22. The molecule has 0 bridgehead atoms. The van der Waals surface area contributed by atoms with E-state index < -0.39 is 6.04 Å². The van der Waals surface area contributed by atoms with Crippen molar-refractivity contribution in [2.75, 3.05) is 5.32 Å². The predicted octanol–water partition coefficient (Wildman–Crippen LogP) is 3.88. The van der Waals surface area contributed by atoms with Crippen LogP contribution in [0.15, 0.2) is 48.5 Å². The number of rotatable bonds is 7. The summed E-state index contributed by atoms with van der Waals surface area (Å²) in [5, 5.41) is 4.75. The van der Waals surface area contributed by atoms with Crippen molar-refractivity contribution in [1.29, 1.82) is 0 Å². The molecule has 0 saturated carbocycles. The lowest BCUT2D eigenvalue weighted by atomic mass is 10.2. The fraction of sp³-hybridized carbons (Fsp3) is 0.238. The number of hydrazine groups is 1. The van der Waals surface area contributed by atoms with Crippen LogP contribution in [0.3, 0.4) is 0 Å². The van der Waals surface area contributed by atoms with Crippen molar-refractivity contribution in [3.05, 3.63) is 53.5 Å². The van der Waals surface area contributed by atoms with Crippen molar-refractivity contribution in [3.63, 3.8) is 0 Å². The zero-order valence-corrected chi connectivity index (χ0v) is 18.0. The number of fused-ring (bicyclic) bond motifs is 2. The summed E-state index contributed by atoms with van der Waals surface area (Å²) in [4.78, 5) is 33.3. The Morgan fingerprint density at radius 2 is 1.60 bits per heavy atom. The Morgan fingerprint density at radius 3 is 2.30 bits per heavy atom. The SMILES string of the molecule is C[C@H](Nc1nc2ccccc2s1)C(=O)NNC(=O)CCCc1nc2ccccc2s1. The van der Waals surface area contributed by atoms with Crippen molar-refractivity contribution in [2.45, 2.75) is 32.2 Å². The second-order valence-electron chi connectivity index (χ2n) is 6.82. The quantitative estimate of drug-likeness (QED) is 0.380. The number of aryl methyl sites for hydroxylation is 1. The number of para-hydroxylation sites is 2. The van der Waals surface area contributed by atoms with E-state index in [1.54, 1.807) is 18.3 Å². The van der Waals surface area contributed by atoms with Crippen molar-refractivity contribution >= 4 is 60.1 Å². The highest BCUT2D eigenvalue weighted by Crippen LogP contribution is 2.26. The fourth-order valence-electron chi connectivity index (χ4n) is 2.91. The molecule has 30 heavy (non-hydrogen) atoms. The number of hydrogen-bond donors (Lipinski definition) is 3. The molecule has 2 amide bonds. The number of carbonyl (C=O) groups excluding carboxylic acids is 2. The number of anilines is 1. The summed E-state index contributed by atoms with van der Waals surface area (Å²) in [5.74, 6) is -0.551. The Morgan fingerprint density at radius 1 is 0.933 bits per heavy atom. The first-order valence-electron chi connectivity index (χ1n) is 9.64. The number of amides is 2. The third kappa shape index (κ3) is 4.92. The number of nitrogens with one attached hydrogen (secondary N) is 3. The molecule has 0 radical (unpaired) electrons. The van der Waals surface area contributed by atoms with Crippen LogP contribution in [-0.4, -0.2) is 27.8 Å². The molecule has 0 aliphatic heterocycles. The average Bonchev–Trinajstić information content (AvgIpc) is 3.34. The van der Waals surface area contributed by atoms with E-state index in [-0.39, 0.29) is 11.8 Å². The smallest absolute Gasteiger partial charge is 0.260 e. The number of nitrogens with zero attached hydrogens (tertiary/aromatic N) is 2. The maximum Gasteiger partial charge on any atom is 0.260 e. The number of benzene rings is 2. The first kappa shape index (κ1) is 20.2. The van der Waals surface area contributed by atoms with Crippen molar-refractivity contribution in [3.8, 4) is 0 Å². The van der Waals surface area contributed by atoms with E-state index in [0.29, 0.717) is 18.0 Å². The van der Waals surface area contributed by atoms with Gasteiger partial charge in [-0.3, -0.25) is 20.4 Å². The van der Waals surface area contributed by atoms with Gasteiger partial charge in [0.15, 0.2) is 5.13 Å². The van der Waals surface area contributed by atoms with E-state index in [2.05, 4.69) is 26.1 Å². The van der Waals surface area contributed by atoms with Gasteiger partial charge in [0.05, 0.1) is 25.4 Å². The van der Waals surface area contributed by atoms with Gasteiger partial charge in [-0.15, -0.1) is 11.3 Å². The largest absolute Gasteiger partial charge is 0.350 e. The standard InChI is InChI=1S/C21H21N5O2S2/c1-13(22-21-24-15-8-3-5-10-17(15)30-21)20(28)26-25-18(27)11-6-12-19-23-14-7-2-4-9-16(14)29-19/h2-5,7-10,13H,6,11-12H2,1H3,(H,22,24)(H,25,27)(H,26,28)/t13-/m0/s1. The van der Waals surface area contributed by atoms with Crippen LogP contribution in [0.4, 0.5) is 5.13 Å². The number of hydrogen-bond acceptors (Lipinski definition) is 7. The topological polar surface area (TPSA) is 96.0 Å². The molecule has 1 atom stereocenters. The summed E-state index contributed by atoms with van der Waals surface area (Å²) in [6.07, 6.45) is 1.72. The van der Waals surface area contributed by atoms with Crippen LogP contribution in [0.1, 0.15) is 24.8 Å². The molecule has 2 heterocycles. The minimum atomic E-state index is -0.534. The van der Waals surface area contributed by atoms with Crippen LogP contribution in [0.5, 0.6) is 0 Å². The van der Waals surface area contributed by atoms with Gasteiger partial charge in [-0.25, -0.2) is 9.97 Å². The summed E-state index contributed by atoms with van der Waals surface area (Å²) in [5.41, 5.74) is 6.82. The fourth-order valence-corrected chi connectivity index (χ4v) is 4.88. The van der Waals surface area contributed by atoms with Crippen LogP contribution < -0.4 is 16.2 Å². The van der Waals surface area contributed by atoms with Crippen LogP contribution in [0, 0.1) is 0 Å². The summed E-state index contributed by atoms with van der Waals surface area (Å²) in [6, 6.07) is 15.2. The Balaban J connectivity index is 1.19. The van der Waals surface area contributed by atoms with Gasteiger partial charge < -0.3 is 5.32 Å². The molecule has 154 valence electrons. The molecule has 0 aliphatic carbocycles. The first-order valence-corrected chi connectivity index (χ1v) is 11.3. The highest BCUT2D eigenvalue weighted by atomic mass is 32.1. The molecule has 7 nitrogen and oxygen atoms in total. The minimum absolute atomic E-state index is 0.225. The van der Waals surface area contributed by atoms with E-state index >= 15 is 0 Å². The van der Waals surface area contributed by atoms with Gasteiger partial charge in [-0.05, 0) is 44.0 Å². The summed E-state index contributed by atoms with van der Waals surface area (Å²) in [6.45, 7) is 1.72. The Kier molecular flexibility index (Phi) is 6.20. The minimum Gasteiger partial charge on any atom is -0.350 e. The monoisotopic (exact) mass is 439 g/mol. The molecule has 4 aromatic rings. The molecule has 0 aliphatic rings. The molecule has 0 spiro atoms. The van der Waals surface area contributed by atoms with Gasteiger partial charge in [-0.2, -0.15) is 0 Å². The molecule has 0 saturated heterocycles. The van der Waals surface area contributed by atoms with Gasteiger partial charge >= 0.3 is 0 Å². The van der Waals surface area contributed by atoms with E-state index in [0.717, 1.165) is 31.9 Å². The lowest BCUT2D eigenvalue weighted by Crippen LogP contribution is -2.47. The first-order chi connectivity index (χ1) is 14.6. The Hall–Kier alpha value is -3.04. The third-order valence-electron chi connectivity index (χ3n) is 4.48. The van der Waals surface area contributed by atoms with E-state index in [1.807, 2.05) is 48.5 Å². The van der Waals surface area contributed by atoms with E-state index in [1.165, 1.54) is 11.3 Å². The molecule has 0 unspecified atom stereocenters. The number of carbonyl (C=O) groups is 2. The molecule has 4 rings (SSSR count). The zero-order chi connectivity index (χ0) is 20.9. The van der Waals surface area contributed by atoms with Crippen molar-refractivity contribution in [1.82, 2.24) is 20.8 Å². The summed E-state index contributed by atoms with van der Waals surface area (Å²) in [7, 11) is 0. The maximum absolute atomic E-state index is 12.2. The van der Waals surface area contributed by atoms with Crippen LogP contribution >= 0.6 is 22.7 Å². The molecule has 2 aromatic carbocycles. The van der Waals surface area contributed by atoms with Crippen LogP contribution in [0.25, 0.3) is 20.4 Å².